The van der Waals surface area contributed by atoms with Crippen molar-refractivity contribution in [2.24, 2.45) is 0 Å². The second-order valence-electron chi connectivity index (χ2n) is 5.50. The molecule has 1 aromatic heterocycles. The van der Waals surface area contributed by atoms with E-state index in [0.717, 1.165) is 24.8 Å². The predicted octanol–water partition coefficient (Wildman–Crippen LogP) is 2.97. The second kappa shape index (κ2) is 6.06. The van der Waals surface area contributed by atoms with Crippen LogP contribution in [0.5, 0.6) is 0 Å². The van der Waals surface area contributed by atoms with Crippen molar-refractivity contribution in [2.75, 3.05) is 11.9 Å². The van der Waals surface area contributed by atoms with Crippen molar-refractivity contribution in [3.8, 4) is 0 Å². The summed E-state index contributed by atoms with van der Waals surface area (Å²) in [5, 5.41) is 3.51. The number of hydrogen-bond acceptors (Lipinski definition) is 3. The summed E-state index contributed by atoms with van der Waals surface area (Å²) in [7, 11) is 2.13. The maximum absolute atomic E-state index is 4.44. The van der Waals surface area contributed by atoms with Crippen molar-refractivity contribution < 1.29 is 0 Å². The van der Waals surface area contributed by atoms with E-state index in [-0.39, 0.29) is 0 Å². The smallest absolute Gasteiger partial charge is 0.0562 e. The zero-order valence-electron chi connectivity index (χ0n) is 11.9. The molecule has 1 fully saturated rings. The molecule has 0 radical (unpaired) electrons. The van der Waals surface area contributed by atoms with Gasteiger partial charge in [0.05, 0.1) is 5.69 Å². The van der Waals surface area contributed by atoms with Crippen molar-refractivity contribution in [3.63, 3.8) is 0 Å². The van der Waals surface area contributed by atoms with Crippen molar-refractivity contribution >= 4 is 5.69 Å². The van der Waals surface area contributed by atoms with E-state index in [1.165, 1.54) is 24.1 Å². The highest BCUT2D eigenvalue weighted by atomic mass is 15.1. The van der Waals surface area contributed by atoms with Crippen molar-refractivity contribution in [2.45, 2.75) is 32.0 Å². The Labute approximate surface area is 120 Å². The first-order valence-electron chi connectivity index (χ1n) is 7.24. The number of aromatic nitrogens is 1. The quantitative estimate of drug-likeness (QED) is 0.872. The summed E-state index contributed by atoms with van der Waals surface area (Å²) >= 11 is 0. The van der Waals surface area contributed by atoms with Gasteiger partial charge in [-0.05, 0) is 30.5 Å². The standard InChI is InChI=1S/C17H21N3/c1-20(13-14-5-3-2-4-6-14)17-9-10-18-16(11-17)12-19-15-7-8-15/h2-6,9-11,15,19H,7-8,12-13H2,1H3. The molecule has 1 heterocycles. The van der Waals surface area contributed by atoms with Crippen LogP contribution in [-0.2, 0) is 13.1 Å². The van der Waals surface area contributed by atoms with E-state index in [2.05, 4.69) is 64.7 Å². The van der Waals surface area contributed by atoms with E-state index in [0.29, 0.717) is 0 Å². The fraction of sp³-hybridized carbons (Fsp3) is 0.353. The average molecular weight is 267 g/mol. The van der Waals surface area contributed by atoms with Crippen LogP contribution in [0.2, 0.25) is 0 Å². The van der Waals surface area contributed by atoms with Crippen LogP contribution in [0, 0.1) is 0 Å². The molecule has 20 heavy (non-hydrogen) atoms. The van der Waals surface area contributed by atoms with Gasteiger partial charge in [0.2, 0.25) is 0 Å². The average Bonchev–Trinajstić information content (AvgIpc) is 3.31. The van der Waals surface area contributed by atoms with E-state index >= 15 is 0 Å². The highest BCUT2D eigenvalue weighted by Crippen LogP contribution is 2.20. The van der Waals surface area contributed by atoms with E-state index in [9.17, 15) is 0 Å². The van der Waals surface area contributed by atoms with Crippen LogP contribution in [0.15, 0.2) is 48.7 Å². The number of nitrogens with zero attached hydrogens (tertiary/aromatic N) is 2. The Hall–Kier alpha value is -1.87. The molecule has 3 rings (SSSR count). The van der Waals surface area contributed by atoms with Crippen molar-refractivity contribution in [3.05, 3.63) is 59.9 Å². The first kappa shape index (κ1) is 13.1. The monoisotopic (exact) mass is 267 g/mol. The third kappa shape index (κ3) is 3.58. The van der Waals surface area contributed by atoms with Gasteiger partial charge in [0.1, 0.15) is 0 Å². The molecule has 2 aromatic rings. The number of benzene rings is 1. The molecule has 3 heteroatoms. The van der Waals surface area contributed by atoms with Gasteiger partial charge < -0.3 is 10.2 Å². The molecule has 1 aromatic carbocycles. The van der Waals surface area contributed by atoms with Gasteiger partial charge in [-0.3, -0.25) is 4.98 Å². The number of nitrogens with one attached hydrogen (secondary N) is 1. The predicted molar refractivity (Wildman–Crippen MR) is 82.6 cm³/mol. The number of anilines is 1. The van der Waals surface area contributed by atoms with Gasteiger partial charge in [-0.1, -0.05) is 30.3 Å². The largest absolute Gasteiger partial charge is 0.370 e. The first-order chi connectivity index (χ1) is 9.81. The lowest BCUT2D eigenvalue weighted by atomic mass is 10.2. The van der Waals surface area contributed by atoms with Gasteiger partial charge in [0.25, 0.3) is 0 Å². The Morgan fingerprint density at radius 2 is 2.00 bits per heavy atom. The Bertz CT molecular complexity index is 549. The van der Waals surface area contributed by atoms with E-state index in [1.54, 1.807) is 0 Å². The SMILES string of the molecule is CN(Cc1ccccc1)c1ccnc(CNC2CC2)c1. The molecule has 3 nitrogen and oxygen atoms in total. The molecule has 0 saturated heterocycles. The molecule has 1 aliphatic rings. The number of pyridine rings is 1. The fourth-order valence-corrected chi connectivity index (χ4v) is 2.28. The molecule has 1 N–H and O–H groups in total. The molecule has 0 atom stereocenters. The second-order valence-corrected chi connectivity index (χ2v) is 5.50. The van der Waals surface area contributed by atoms with Crippen LogP contribution in [0.3, 0.4) is 0 Å². The lowest BCUT2D eigenvalue weighted by Crippen LogP contribution is -2.19. The fourth-order valence-electron chi connectivity index (χ4n) is 2.28. The van der Waals surface area contributed by atoms with Crippen LogP contribution in [0.25, 0.3) is 0 Å². The zero-order valence-corrected chi connectivity index (χ0v) is 11.9. The first-order valence-corrected chi connectivity index (χ1v) is 7.24. The van der Waals surface area contributed by atoms with Gasteiger partial charge >= 0.3 is 0 Å². The van der Waals surface area contributed by atoms with E-state index in [4.69, 9.17) is 0 Å². The molecule has 0 amide bonds. The maximum atomic E-state index is 4.44. The zero-order chi connectivity index (χ0) is 13.8. The Kier molecular flexibility index (Phi) is 3.97. The Morgan fingerprint density at radius 1 is 1.20 bits per heavy atom. The molecule has 0 aliphatic heterocycles. The van der Waals surface area contributed by atoms with Gasteiger partial charge in [0, 0.05) is 38.1 Å². The third-order valence-electron chi connectivity index (χ3n) is 3.65. The molecule has 0 unspecified atom stereocenters. The minimum atomic E-state index is 0.725. The molecule has 0 bridgehead atoms. The summed E-state index contributed by atoms with van der Waals surface area (Å²) in [6, 6.07) is 15.5. The highest BCUT2D eigenvalue weighted by molar-refractivity contribution is 5.46. The lowest BCUT2D eigenvalue weighted by Gasteiger charge is -2.20. The minimum absolute atomic E-state index is 0.725. The summed E-state index contributed by atoms with van der Waals surface area (Å²) < 4.78 is 0. The number of rotatable bonds is 6. The van der Waals surface area contributed by atoms with Crippen LogP contribution in [-0.4, -0.2) is 18.1 Å². The van der Waals surface area contributed by atoms with Gasteiger partial charge in [0.15, 0.2) is 0 Å². The summed E-state index contributed by atoms with van der Waals surface area (Å²) in [6.07, 6.45) is 4.53. The molecular weight excluding hydrogens is 246 g/mol. The Morgan fingerprint density at radius 3 is 2.75 bits per heavy atom. The summed E-state index contributed by atoms with van der Waals surface area (Å²) in [5.74, 6) is 0. The van der Waals surface area contributed by atoms with Crippen LogP contribution < -0.4 is 10.2 Å². The topological polar surface area (TPSA) is 28.2 Å². The minimum Gasteiger partial charge on any atom is -0.370 e. The summed E-state index contributed by atoms with van der Waals surface area (Å²) in [6.45, 7) is 1.79. The lowest BCUT2D eigenvalue weighted by molar-refractivity contribution is 0.674. The van der Waals surface area contributed by atoms with E-state index < -0.39 is 0 Å². The van der Waals surface area contributed by atoms with Gasteiger partial charge in [-0.2, -0.15) is 0 Å². The van der Waals surface area contributed by atoms with Crippen LogP contribution in [0.4, 0.5) is 5.69 Å². The Balaban J connectivity index is 1.64. The molecule has 1 saturated carbocycles. The molecule has 104 valence electrons. The van der Waals surface area contributed by atoms with Crippen LogP contribution in [0.1, 0.15) is 24.1 Å². The van der Waals surface area contributed by atoms with Gasteiger partial charge in [-0.25, -0.2) is 0 Å². The highest BCUT2D eigenvalue weighted by Gasteiger charge is 2.20. The summed E-state index contributed by atoms with van der Waals surface area (Å²) in [5.41, 5.74) is 3.66. The van der Waals surface area contributed by atoms with Crippen molar-refractivity contribution in [1.29, 1.82) is 0 Å². The molecule has 0 spiro atoms. The summed E-state index contributed by atoms with van der Waals surface area (Å²) in [4.78, 5) is 6.70. The van der Waals surface area contributed by atoms with Crippen molar-refractivity contribution in [1.82, 2.24) is 10.3 Å². The van der Waals surface area contributed by atoms with E-state index in [1.807, 2.05) is 6.20 Å². The molecule has 1 aliphatic carbocycles. The van der Waals surface area contributed by atoms with Gasteiger partial charge in [-0.15, -0.1) is 0 Å². The molecular formula is C17H21N3. The third-order valence-corrected chi connectivity index (χ3v) is 3.65. The normalized spacial score (nSPS) is 14.2. The maximum Gasteiger partial charge on any atom is 0.0562 e. The number of hydrogen-bond donors (Lipinski definition) is 1. The van der Waals surface area contributed by atoms with Crippen LogP contribution >= 0.6 is 0 Å².